The van der Waals surface area contributed by atoms with Crippen LogP contribution in [0.25, 0.3) is 11.0 Å². The van der Waals surface area contributed by atoms with Crippen LogP contribution in [-0.2, 0) is 25.5 Å². The Morgan fingerprint density at radius 3 is 2.56 bits per heavy atom. The number of carbonyl (C=O) groups excluding carboxylic acids is 3. The van der Waals surface area contributed by atoms with Crippen molar-refractivity contribution in [2.45, 2.75) is 25.7 Å². The van der Waals surface area contributed by atoms with E-state index >= 15 is 0 Å². The zero-order valence-corrected chi connectivity index (χ0v) is 15.4. The number of carbonyl (C=O) groups is 3. The topological polar surface area (TPSA) is 95.6 Å². The van der Waals surface area contributed by atoms with Crippen molar-refractivity contribution in [3.8, 4) is 0 Å². The minimum atomic E-state index is -0.385. The lowest BCUT2D eigenvalue weighted by Gasteiger charge is -2.22. The first-order valence-corrected chi connectivity index (χ1v) is 9.11. The first-order chi connectivity index (χ1) is 13.1. The van der Waals surface area contributed by atoms with E-state index in [1.54, 1.807) is 11.2 Å². The maximum atomic E-state index is 12.7. The molecule has 1 aliphatic rings. The fourth-order valence-electron chi connectivity index (χ4n) is 3.26. The highest BCUT2D eigenvalue weighted by Gasteiger charge is 2.22. The van der Waals surface area contributed by atoms with E-state index in [1.807, 2.05) is 23.1 Å². The summed E-state index contributed by atoms with van der Waals surface area (Å²) in [6.45, 7) is 2.23. The van der Waals surface area contributed by atoms with Crippen molar-refractivity contribution >= 4 is 28.8 Å². The van der Waals surface area contributed by atoms with Crippen LogP contribution in [0.4, 0.5) is 0 Å². The Hall–Kier alpha value is -2.90. The molecule has 1 saturated heterocycles. The standard InChI is InChI=1S/C19H24N4O4/c1-27-19(26)6-5-17(24)22-7-2-8-23(10-9-22)18(25)12-14-3-4-15-16(11-14)21-13-20-15/h3-4,11,13H,2,5-10,12H2,1H3,(H,20,21). The molecule has 0 unspecified atom stereocenters. The Morgan fingerprint density at radius 2 is 1.81 bits per heavy atom. The number of H-pyrrole nitrogens is 1. The SMILES string of the molecule is COC(=O)CCC(=O)N1CCCN(C(=O)Cc2ccc3nc[nH]c3c2)CC1. The highest BCUT2D eigenvalue weighted by atomic mass is 16.5. The first-order valence-electron chi connectivity index (χ1n) is 9.11. The summed E-state index contributed by atoms with van der Waals surface area (Å²) in [6.07, 6.45) is 2.92. The largest absolute Gasteiger partial charge is 0.469 e. The third-order valence-corrected chi connectivity index (χ3v) is 4.81. The number of aromatic amines is 1. The lowest BCUT2D eigenvalue weighted by molar-refractivity contribution is -0.143. The summed E-state index contributed by atoms with van der Waals surface area (Å²) < 4.78 is 4.57. The Morgan fingerprint density at radius 1 is 1.07 bits per heavy atom. The number of nitrogens with one attached hydrogen (secondary N) is 1. The molecule has 8 heteroatoms. The van der Waals surface area contributed by atoms with Crippen LogP contribution in [0.5, 0.6) is 0 Å². The molecule has 0 radical (unpaired) electrons. The fraction of sp³-hybridized carbons (Fsp3) is 0.474. The van der Waals surface area contributed by atoms with Crippen LogP contribution in [-0.4, -0.2) is 70.8 Å². The van der Waals surface area contributed by atoms with E-state index in [2.05, 4.69) is 14.7 Å². The maximum Gasteiger partial charge on any atom is 0.306 e. The number of nitrogens with zero attached hydrogens (tertiary/aromatic N) is 3. The van der Waals surface area contributed by atoms with Crippen LogP contribution >= 0.6 is 0 Å². The number of amides is 2. The van der Waals surface area contributed by atoms with Gasteiger partial charge in [0.15, 0.2) is 0 Å². The Kier molecular flexibility index (Phi) is 6.05. The lowest BCUT2D eigenvalue weighted by Crippen LogP contribution is -2.38. The molecule has 1 aliphatic heterocycles. The molecule has 3 rings (SSSR count). The molecule has 144 valence electrons. The Bertz CT molecular complexity index is 832. The van der Waals surface area contributed by atoms with E-state index in [0.29, 0.717) is 32.6 Å². The van der Waals surface area contributed by atoms with Gasteiger partial charge in [0.2, 0.25) is 11.8 Å². The molecule has 0 aliphatic carbocycles. The van der Waals surface area contributed by atoms with Gasteiger partial charge in [-0.05, 0) is 24.1 Å². The van der Waals surface area contributed by atoms with Crippen molar-refractivity contribution in [3.63, 3.8) is 0 Å². The molecule has 1 fully saturated rings. The van der Waals surface area contributed by atoms with E-state index in [9.17, 15) is 14.4 Å². The van der Waals surface area contributed by atoms with Gasteiger partial charge in [0.1, 0.15) is 0 Å². The van der Waals surface area contributed by atoms with Crippen molar-refractivity contribution < 1.29 is 19.1 Å². The predicted molar refractivity (Wildman–Crippen MR) is 98.8 cm³/mol. The van der Waals surface area contributed by atoms with E-state index in [-0.39, 0.29) is 30.6 Å². The molecular weight excluding hydrogens is 348 g/mol. The summed E-state index contributed by atoms with van der Waals surface area (Å²) in [5.74, 6) is -0.402. The van der Waals surface area contributed by atoms with Crippen molar-refractivity contribution in [3.05, 3.63) is 30.1 Å². The smallest absolute Gasteiger partial charge is 0.306 e. The third kappa shape index (κ3) is 4.84. The van der Waals surface area contributed by atoms with Gasteiger partial charge in [-0.1, -0.05) is 6.07 Å². The molecule has 1 aromatic heterocycles. The van der Waals surface area contributed by atoms with E-state index < -0.39 is 0 Å². The molecule has 1 aromatic carbocycles. The molecule has 1 N–H and O–H groups in total. The Labute approximate surface area is 157 Å². The summed E-state index contributed by atoms with van der Waals surface area (Å²) in [6, 6.07) is 5.76. The van der Waals surface area contributed by atoms with Crippen molar-refractivity contribution in [1.82, 2.24) is 19.8 Å². The summed E-state index contributed by atoms with van der Waals surface area (Å²) >= 11 is 0. The number of rotatable bonds is 5. The fourth-order valence-corrected chi connectivity index (χ4v) is 3.26. The number of esters is 1. The second kappa shape index (κ2) is 8.66. The summed E-state index contributed by atoms with van der Waals surface area (Å²) in [7, 11) is 1.31. The molecule has 0 spiro atoms. The van der Waals surface area contributed by atoms with Crippen molar-refractivity contribution in [2.75, 3.05) is 33.3 Å². The van der Waals surface area contributed by atoms with Gasteiger partial charge in [-0.2, -0.15) is 0 Å². The minimum Gasteiger partial charge on any atom is -0.469 e. The van der Waals surface area contributed by atoms with Crippen LogP contribution in [0.3, 0.4) is 0 Å². The number of ether oxygens (including phenoxy) is 1. The summed E-state index contributed by atoms with van der Waals surface area (Å²) in [4.78, 5) is 46.9. The van der Waals surface area contributed by atoms with Gasteiger partial charge in [0.25, 0.3) is 0 Å². The minimum absolute atomic E-state index is 0.0534. The average molecular weight is 372 g/mol. The monoisotopic (exact) mass is 372 g/mol. The van der Waals surface area contributed by atoms with Gasteiger partial charge >= 0.3 is 5.97 Å². The van der Waals surface area contributed by atoms with Gasteiger partial charge in [-0.25, -0.2) is 4.98 Å². The highest BCUT2D eigenvalue weighted by molar-refractivity contribution is 5.83. The van der Waals surface area contributed by atoms with Crippen LogP contribution < -0.4 is 0 Å². The van der Waals surface area contributed by atoms with Gasteiger partial charge in [-0.15, -0.1) is 0 Å². The third-order valence-electron chi connectivity index (χ3n) is 4.81. The quantitative estimate of drug-likeness (QED) is 0.794. The molecule has 2 amide bonds. The van der Waals surface area contributed by atoms with Crippen molar-refractivity contribution in [2.24, 2.45) is 0 Å². The average Bonchev–Trinajstić information content (AvgIpc) is 2.99. The molecule has 0 saturated carbocycles. The lowest BCUT2D eigenvalue weighted by atomic mass is 10.1. The number of methoxy groups -OCH3 is 1. The highest BCUT2D eigenvalue weighted by Crippen LogP contribution is 2.14. The number of hydrogen-bond donors (Lipinski definition) is 1. The maximum absolute atomic E-state index is 12.7. The normalized spacial score (nSPS) is 14.9. The van der Waals surface area contributed by atoms with Crippen LogP contribution in [0, 0.1) is 0 Å². The molecule has 2 aromatic rings. The van der Waals surface area contributed by atoms with Gasteiger partial charge in [0.05, 0.1) is 37.3 Å². The number of benzene rings is 1. The molecule has 2 heterocycles. The second-order valence-corrected chi connectivity index (χ2v) is 6.62. The van der Waals surface area contributed by atoms with E-state index in [1.165, 1.54) is 7.11 Å². The van der Waals surface area contributed by atoms with Gasteiger partial charge in [-0.3, -0.25) is 14.4 Å². The number of imidazole rings is 1. The van der Waals surface area contributed by atoms with Gasteiger partial charge in [0, 0.05) is 32.6 Å². The molecule has 0 atom stereocenters. The molecule has 27 heavy (non-hydrogen) atoms. The van der Waals surface area contributed by atoms with Crippen LogP contribution in [0.1, 0.15) is 24.8 Å². The molecule has 0 bridgehead atoms. The van der Waals surface area contributed by atoms with E-state index in [4.69, 9.17) is 0 Å². The van der Waals surface area contributed by atoms with Crippen LogP contribution in [0.15, 0.2) is 24.5 Å². The van der Waals surface area contributed by atoms with Gasteiger partial charge < -0.3 is 19.5 Å². The zero-order chi connectivity index (χ0) is 19.2. The van der Waals surface area contributed by atoms with Crippen LogP contribution in [0.2, 0.25) is 0 Å². The number of hydrogen-bond acceptors (Lipinski definition) is 5. The first kappa shape index (κ1) is 18.9. The molecule has 8 nitrogen and oxygen atoms in total. The summed E-state index contributed by atoms with van der Waals surface area (Å²) in [5.41, 5.74) is 2.73. The predicted octanol–water partition coefficient (Wildman–Crippen LogP) is 1.12. The number of fused-ring (bicyclic) bond motifs is 1. The van der Waals surface area contributed by atoms with Crippen molar-refractivity contribution in [1.29, 1.82) is 0 Å². The van der Waals surface area contributed by atoms with E-state index in [0.717, 1.165) is 23.0 Å². The number of aromatic nitrogens is 2. The zero-order valence-electron chi connectivity index (χ0n) is 15.4. The molecular formula is C19H24N4O4. The summed E-state index contributed by atoms with van der Waals surface area (Å²) in [5, 5.41) is 0. The second-order valence-electron chi connectivity index (χ2n) is 6.62. The Balaban J connectivity index is 1.53.